The van der Waals surface area contributed by atoms with Crippen molar-refractivity contribution in [3.63, 3.8) is 0 Å². The number of hydrogen-bond donors (Lipinski definition) is 22. The molecule has 4 atom stereocenters. The Morgan fingerprint density at radius 2 is 0.268 bits per heavy atom. The van der Waals surface area contributed by atoms with E-state index in [2.05, 4.69) is 9.42 Å². The van der Waals surface area contributed by atoms with E-state index in [0.29, 0.717) is 0 Å². The average Bonchev–Trinajstić information content (AvgIpc) is 0.948. The second-order valence-corrected chi connectivity index (χ2v) is 31.2. The molecule has 0 heterocycles. The quantitative estimate of drug-likeness (QED) is 0.0791. The molecule has 3 aliphatic carbocycles. The molecule has 0 radical (unpaired) electrons. The van der Waals surface area contributed by atoms with Gasteiger partial charge in [0.15, 0.2) is 0 Å². The van der Waals surface area contributed by atoms with Crippen molar-refractivity contribution < 1.29 is 387 Å². The Kier molecular flexibility index (Phi) is 533. The number of hydrogen-bond acceptors (Lipinski definition) is 22. The number of carboxylic acids is 22. The zero-order chi connectivity index (χ0) is 105. The monoisotopic (exact) mass is 3860 g/mol. The number of halogens is 9. The van der Waals surface area contributed by atoms with Crippen LogP contribution in [0.4, 0.5) is 0 Å². The molecule has 43 N–H and O–H groups in total. The van der Waals surface area contributed by atoms with Gasteiger partial charge < -0.3 is 227 Å². The van der Waals surface area contributed by atoms with E-state index >= 15 is 0 Å². The third kappa shape index (κ3) is 1920. The number of nitrogens with one attached hydrogen (secondary N) is 5. The van der Waals surface area contributed by atoms with Crippen LogP contribution >= 0.6 is 84.8 Å². The topological polar surface area (TPSA) is 1210 Å². The van der Waals surface area contributed by atoms with Crippen molar-refractivity contribution in [1.82, 2.24) is 0 Å². The van der Waals surface area contributed by atoms with E-state index in [-0.39, 0.29) is 201 Å². The average molecular weight is 3860 g/mol. The molecule has 138 heavy (non-hydrogen) atoms. The van der Waals surface area contributed by atoms with Gasteiger partial charge >= 0.3 is 214 Å². The van der Waals surface area contributed by atoms with Crippen molar-refractivity contribution in [2.45, 2.75) is 238 Å². The van der Waals surface area contributed by atoms with Gasteiger partial charge in [-0.1, -0.05) is 83.5 Å². The molecule has 3 rings (SSSR count). The Morgan fingerprint density at radius 1 is 0.217 bits per heavy atom. The maximum Gasteiger partial charge on any atom is 2.00 e. The Balaban J connectivity index is -0.0000000173. The minimum Gasteiger partial charge on any atom is -0.693 e. The van der Waals surface area contributed by atoms with Crippen LogP contribution in [0, 0.1) is 37.1 Å². The number of carboxylic acid groups (broad SMARTS) is 22. The van der Waals surface area contributed by atoms with Gasteiger partial charge in [-0.3, -0.25) is 86.3 Å². The van der Waals surface area contributed by atoms with E-state index in [1.54, 1.807) is 18.8 Å². The molecule has 3 saturated carbocycles. The zero-order valence-corrected chi connectivity index (χ0v) is 106. The molecule has 3 aliphatic rings. The second kappa shape index (κ2) is 262. The molecule has 0 spiro atoms. The molecule has 0 aromatic heterocycles. The molecule has 0 aromatic rings. The van der Waals surface area contributed by atoms with E-state index in [1.807, 2.05) is 0 Å². The Bertz CT molecular complexity index is 1960. The molecule has 57 nitrogen and oxygen atoms in total. The fourth-order valence-corrected chi connectivity index (χ4v) is 3.36. The first-order valence-electron chi connectivity index (χ1n) is 29.5. The van der Waals surface area contributed by atoms with Crippen LogP contribution < -0.4 is 0 Å². The first kappa shape index (κ1) is 280. The van der Waals surface area contributed by atoms with E-state index in [4.69, 9.17) is 322 Å². The van der Waals surface area contributed by atoms with Crippen molar-refractivity contribution in [3.05, 3.63) is 115 Å². The summed E-state index contributed by atoms with van der Waals surface area (Å²) in [6.07, 6.45) is 14.8. The number of carbonyl (C=O) groups is 22. The third-order valence-electron chi connectivity index (χ3n) is 5.50. The van der Waals surface area contributed by atoms with Crippen LogP contribution in [0.25, 0.3) is 77.9 Å². The van der Waals surface area contributed by atoms with Crippen molar-refractivity contribution in [1.29, 1.82) is 0 Å². The minimum atomic E-state index is -1.82. The Morgan fingerprint density at radius 3 is 0.297 bits per heavy atom. The Labute approximate surface area is 946 Å². The molecule has 3 fully saturated rings. The maximum absolute atomic E-state index is 9.10. The summed E-state index contributed by atoms with van der Waals surface area (Å²) in [4.78, 5) is 198. The summed E-state index contributed by atoms with van der Waals surface area (Å²) in [5.41, 5.74) is 36.4. The van der Waals surface area contributed by atoms with Gasteiger partial charge in [0.2, 0.25) is 0 Å². The van der Waals surface area contributed by atoms with Gasteiger partial charge in [-0.15, -0.1) is 6.04 Å². The number of nitrogens with two attached hydrogens (primary N) is 8. The first-order valence-corrected chi connectivity index (χ1v) is 54.9. The van der Waals surface area contributed by atoms with Crippen molar-refractivity contribution in [2.75, 3.05) is 0 Å². The van der Waals surface area contributed by atoms with Crippen molar-refractivity contribution in [2.24, 2.45) is 0 Å². The van der Waals surface area contributed by atoms with E-state index in [1.165, 1.54) is 44.9 Å². The van der Waals surface area contributed by atoms with Gasteiger partial charge in [0, 0.05) is 188 Å². The third-order valence-corrected chi connectivity index (χ3v) is 5.50. The van der Waals surface area contributed by atoms with Crippen LogP contribution in [-0.4, -0.2) is 274 Å². The molecular formula is C63H143Cl9N13O44Pt9-10. The smallest absolute Gasteiger partial charge is 0.693 e. The van der Waals surface area contributed by atoms with E-state index in [9.17, 15) is 0 Å². The summed E-state index contributed by atoms with van der Waals surface area (Å²) in [6.45, 7) is 19.5. The van der Waals surface area contributed by atoms with Crippen LogP contribution in [0.15, 0.2) is 0 Å². The summed E-state index contributed by atoms with van der Waals surface area (Å²) in [5, 5.41) is 163. The standard InChI is InChI=1S/2C6H12N2.C6H12N.2C2H2O4.18C2H4O2.5CH3.9ClH.8H2N.9Pt/c2*7-5-3-1-2-4-6(5)8;7-6-4-2-1-3-5-6;2*3-1(4)2(5)6;18*1-2(3)4;;;;;;;;;;;;;;;;;;;;;;;;;;;;;;;/h2*5-8H,1-4H2;6-7H,1-5H2;2*(H,3,4)(H,5,6);18*1H3,(H,3,4);5*1H3;9*1H;8*1H2;;;;;;;;;/q2*-2;-1;;;;;;;;;;;;;;;;;;;;;5*-1;;;;;;;;;;8*-1;;;;+1;2*+2;3*+4/p-9. The van der Waals surface area contributed by atoms with E-state index in [0.717, 1.165) is 163 Å². The van der Waals surface area contributed by atoms with Crippen molar-refractivity contribution >= 4 is 216 Å². The fourth-order valence-electron chi connectivity index (χ4n) is 3.36. The van der Waals surface area contributed by atoms with E-state index < -0.39 is 197 Å². The molecule has 0 saturated heterocycles. The fraction of sp³-hybridized carbons (Fsp3) is 0.571. The van der Waals surface area contributed by atoms with Gasteiger partial charge in [0.25, 0.3) is 107 Å². The van der Waals surface area contributed by atoms with Crippen LogP contribution in [0.3, 0.4) is 0 Å². The van der Waals surface area contributed by atoms with Gasteiger partial charge in [-0.05, 0) is 0 Å². The summed E-state index contributed by atoms with van der Waals surface area (Å²) >= 11 is -0.278. The molecule has 0 bridgehead atoms. The molecule has 0 aromatic carbocycles. The largest absolute Gasteiger partial charge is 2.00 e. The maximum atomic E-state index is 9.10. The number of aliphatic carboxylic acids is 22. The predicted molar refractivity (Wildman–Crippen MR) is 498 cm³/mol. The second-order valence-electron chi connectivity index (χ2n) is 18.1. The molecule has 0 aliphatic heterocycles. The van der Waals surface area contributed by atoms with Crippen LogP contribution in [0.1, 0.15) is 208 Å². The minimum absolute atomic E-state index is 0. The summed E-state index contributed by atoms with van der Waals surface area (Å²) in [6, 6.07) is -0.0336. The molecule has 75 heteroatoms. The normalized spacial score (nSPS) is 10.5. The Hall–Kier alpha value is -3.38. The summed E-state index contributed by atoms with van der Waals surface area (Å²) in [5.74, 6) is -22.3. The zero-order valence-electron chi connectivity index (χ0n) is 78.3. The predicted octanol–water partition coefficient (Wildman–Crippen LogP) is 21.3. The van der Waals surface area contributed by atoms with Crippen LogP contribution in [0.2, 0.25) is 0 Å². The van der Waals surface area contributed by atoms with Gasteiger partial charge in [-0.2, -0.15) is 24.2 Å². The van der Waals surface area contributed by atoms with Gasteiger partial charge in [-0.25, -0.2) is 19.2 Å². The summed E-state index contributed by atoms with van der Waals surface area (Å²) < 4.78 is 0. The van der Waals surface area contributed by atoms with Crippen LogP contribution in [0.5, 0.6) is 0 Å². The molecular weight excluding hydrogens is 3720 g/mol. The van der Waals surface area contributed by atoms with Crippen molar-refractivity contribution in [3.8, 4) is 0 Å². The van der Waals surface area contributed by atoms with Gasteiger partial charge in [0.1, 0.15) is 0 Å². The molecule has 4 unspecified atom stereocenters. The number of rotatable bonds is 0. The van der Waals surface area contributed by atoms with Gasteiger partial charge in [0.05, 0.1) is 0 Å². The molecule has 0 amide bonds. The van der Waals surface area contributed by atoms with Crippen LogP contribution in [-0.2, 0) is 274 Å². The SMILES string of the molecule is CC(=O)O.CC(=O)O.CC(=O)O.CC(=O)O.CC(=O)O.CC(=O)O.CC(=O)O.CC(=O)O.CC(=O)O.CC(=O)O.CC(=O)O.CC(=O)O.CC(=O)O.CC(=O)O.CC(=O)O.CC(=O)O.CC(=O)O.CC(=O)O.O=C(O)C(=O)O.O=C(O)C(=O)O.[CH3-].[CH3-].[CH3-].[CH3-].[CH3-].[Cl][Pt+2][Cl].[Cl][Pt+2][Cl].[Cl][Pt+2][Cl].[Cl][Pt].[Cl][Pt][Cl].[NH-]C1CCCCC1.[NH-]C1CCCCC1[NH-].[NH-]C1CCCCC1[NH-].[NH2-].[NH2-].[NH2-].[NH2-].[NH2-].[NH2-].[NH2-].[NH2-].[Pt+2].[Pt].[Pt].[Pt]. The molecule has 887 valence electrons. The summed E-state index contributed by atoms with van der Waals surface area (Å²) in [7, 11) is 43.6. The first-order chi connectivity index (χ1) is 54.1.